The van der Waals surface area contributed by atoms with Crippen molar-refractivity contribution in [2.45, 2.75) is 33.1 Å². The van der Waals surface area contributed by atoms with E-state index < -0.39 is 5.97 Å². The lowest BCUT2D eigenvalue weighted by Gasteiger charge is -2.02. The summed E-state index contributed by atoms with van der Waals surface area (Å²) in [5.74, 6) is -0.839. The van der Waals surface area contributed by atoms with E-state index in [2.05, 4.69) is 0 Å². The Morgan fingerprint density at radius 3 is 2.42 bits per heavy atom. The molecule has 0 unspecified atom stereocenters. The molecule has 0 amide bonds. The van der Waals surface area contributed by atoms with Gasteiger partial charge in [0, 0.05) is 10.6 Å². The SMILES string of the molecule is CCCC/C(=C/C=C(/C)c1ccc(Cl)cc1)C(=O)O. The van der Waals surface area contributed by atoms with Crippen LogP contribution in [0.5, 0.6) is 0 Å². The number of hydrogen-bond donors (Lipinski definition) is 1. The summed E-state index contributed by atoms with van der Waals surface area (Å²) in [5, 5.41) is 9.80. The molecule has 0 aliphatic carbocycles. The van der Waals surface area contributed by atoms with Gasteiger partial charge in [-0.05, 0) is 43.0 Å². The van der Waals surface area contributed by atoms with Gasteiger partial charge in [0.05, 0.1) is 0 Å². The molecular formula is C16H19ClO2. The topological polar surface area (TPSA) is 37.3 Å². The normalized spacial score (nSPS) is 12.6. The van der Waals surface area contributed by atoms with Crippen molar-refractivity contribution < 1.29 is 9.90 Å². The van der Waals surface area contributed by atoms with Crippen molar-refractivity contribution in [2.75, 3.05) is 0 Å². The molecule has 0 bridgehead atoms. The van der Waals surface area contributed by atoms with Gasteiger partial charge < -0.3 is 5.11 Å². The number of carbonyl (C=O) groups is 1. The van der Waals surface area contributed by atoms with E-state index in [9.17, 15) is 4.79 Å². The average molecular weight is 279 g/mol. The van der Waals surface area contributed by atoms with E-state index in [4.69, 9.17) is 16.7 Å². The Morgan fingerprint density at radius 1 is 1.26 bits per heavy atom. The Balaban J connectivity index is 2.86. The molecule has 0 aliphatic heterocycles. The molecule has 0 saturated heterocycles. The van der Waals surface area contributed by atoms with Crippen LogP contribution in [0.25, 0.3) is 5.57 Å². The summed E-state index contributed by atoms with van der Waals surface area (Å²) in [7, 11) is 0. The van der Waals surface area contributed by atoms with Gasteiger partial charge in [0.15, 0.2) is 0 Å². The number of benzene rings is 1. The molecule has 1 rings (SSSR count). The molecule has 1 aromatic carbocycles. The summed E-state index contributed by atoms with van der Waals surface area (Å²) >= 11 is 5.83. The van der Waals surface area contributed by atoms with Gasteiger partial charge in [0.1, 0.15) is 0 Å². The second kappa shape index (κ2) is 7.80. The first-order valence-corrected chi connectivity index (χ1v) is 6.79. The van der Waals surface area contributed by atoms with Crippen LogP contribution in [0.2, 0.25) is 5.02 Å². The summed E-state index contributed by atoms with van der Waals surface area (Å²) in [6.45, 7) is 4.01. The van der Waals surface area contributed by atoms with E-state index in [0.717, 1.165) is 24.0 Å². The monoisotopic (exact) mass is 278 g/mol. The molecule has 0 fully saturated rings. The molecule has 0 aliphatic rings. The fraction of sp³-hybridized carbons (Fsp3) is 0.312. The molecule has 0 saturated carbocycles. The van der Waals surface area contributed by atoms with Gasteiger partial charge in [-0.2, -0.15) is 0 Å². The van der Waals surface area contributed by atoms with E-state index in [-0.39, 0.29) is 0 Å². The molecular weight excluding hydrogens is 260 g/mol. The Morgan fingerprint density at radius 2 is 1.89 bits per heavy atom. The van der Waals surface area contributed by atoms with Crippen molar-refractivity contribution in [3.05, 3.63) is 52.6 Å². The van der Waals surface area contributed by atoms with Crippen LogP contribution in [-0.2, 0) is 4.79 Å². The van der Waals surface area contributed by atoms with E-state index in [1.165, 1.54) is 0 Å². The van der Waals surface area contributed by atoms with E-state index in [1.54, 1.807) is 6.08 Å². The Hall–Kier alpha value is -1.54. The van der Waals surface area contributed by atoms with Crippen LogP contribution in [0.4, 0.5) is 0 Å². The Bertz CT molecular complexity index is 484. The van der Waals surface area contributed by atoms with Crippen molar-refractivity contribution in [1.82, 2.24) is 0 Å². The number of allylic oxidation sites excluding steroid dienone is 3. The molecule has 0 atom stereocenters. The summed E-state index contributed by atoms with van der Waals surface area (Å²) in [4.78, 5) is 11.1. The number of hydrogen-bond acceptors (Lipinski definition) is 1. The molecule has 3 heteroatoms. The maximum absolute atomic E-state index is 11.1. The lowest BCUT2D eigenvalue weighted by Crippen LogP contribution is -2.00. The molecule has 0 spiro atoms. The quantitative estimate of drug-likeness (QED) is 0.591. The van der Waals surface area contributed by atoms with E-state index in [0.29, 0.717) is 17.0 Å². The molecule has 1 aromatic rings. The fourth-order valence-corrected chi connectivity index (χ4v) is 1.79. The summed E-state index contributed by atoms with van der Waals surface area (Å²) in [6, 6.07) is 7.50. The molecule has 0 radical (unpaired) electrons. The van der Waals surface area contributed by atoms with Gasteiger partial charge >= 0.3 is 5.97 Å². The zero-order chi connectivity index (χ0) is 14.3. The average Bonchev–Trinajstić information content (AvgIpc) is 2.39. The third-order valence-electron chi connectivity index (χ3n) is 2.91. The van der Waals surface area contributed by atoms with Crippen LogP contribution in [0.15, 0.2) is 42.0 Å². The smallest absolute Gasteiger partial charge is 0.331 e. The van der Waals surface area contributed by atoms with Crippen molar-refractivity contribution in [1.29, 1.82) is 0 Å². The first kappa shape index (κ1) is 15.5. The second-order valence-corrected chi connectivity index (χ2v) is 4.89. The van der Waals surface area contributed by atoms with E-state index >= 15 is 0 Å². The first-order chi connectivity index (χ1) is 9.04. The Labute approximate surface area is 119 Å². The van der Waals surface area contributed by atoms with Crippen molar-refractivity contribution in [2.24, 2.45) is 0 Å². The number of carboxylic acids is 1. The van der Waals surface area contributed by atoms with Gasteiger partial charge in [-0.15, -0.1) is 0 Å². The minimum atomic E-state index is -0.839. The largest absolute Gasteiger partial charge is 0.478 e. The maximum Gasteiger partial charge on any atom is 0.331 e. The highest BCUT2D eigenvalue weighted by Gasteiger charge is 2.05. The molecule has 0 aromatic heterocycles. The third kappa shape index (κ3) is 5.31. The zero-order valence-corrected chi connectivity index (χ0v) is 12.1. The summed E-state index contributed by atoms with van der Waals surface area (Å²) < 4.78 is 0. The molecule has 19 heavy (non-hydrogen) atoms. The minimum absolute atomic E-state index is 0.454. The number of rotatable bonds is 6. The van der Waals surface area contributed by atoms with Crippen LogP contribution >= 0.6 is 11.6 Å². The third-order valence-corrected chi connectivity index (χ3v) is 3.16. The Kier molecular flexibility index (Phi) is 6.37. The molecule has 1 N–H and O–H groups in total. The van der Waals surface area contributed by atoms with Crippen LogP contribution in [0.1, 0.15) is 38.7 Å². The van der Waals surface area contributed by atoms with Crippen LogP contribution in [0.3, 0.4) is 0 Å². The van der Waals surface area contributed by atoms with Gasteiger partial charge in [-0.3, -0.25) is 0 Å². The second-order valence-electron chi connectivity index (χ2n) is 4.46. The van der Waals surface area contributed by atoms with Crippen LogP contribution < -0.4 is 0 Å². The van der Waals surface area contributed by atoms with Gasteiger partial charge in [-0.1, -0.05) is 49.2 Å². The molecule has 2 nitrogen and oxygen atoms in total. The van der Waals surface area contributed by atoms with Crippen LogP contribution in [0, 0.1) is 0 Å². The van der Waals surface area contributed by atoms with Gasteiger partial charge in [0.2, 0.25) is 0 Å². The highest BCUT2D eigenvalue weighted by atomic mass is 35.5. The lowest BCUT2D eigenvalue weighted by molar-refractivity contribution is -0.132. The predicted molar refractivity (Wildman–Crippen MR) is 80.3 cm³/mol. The van der Waals surface area contributed by atoms with Crippen LogP contribution in [-0.4, -0.2) is 11.1 Å². The summed E-state index contributed by atoms with van der Waals surface area (Å²) in [6.07, 6.45) is 6.04. The minimum Gasteiger partial charge on any atom is -0.478 e. The van der Waals surface area contributed by atoms with Crippen molar-refractivity contribution in [3.8, 4) is 0 Å². The van der Waals surface area contributed by atoms with Crippen molar-refractivity contribution >= 4 is 23.1 Å². The highest BCUT2D eigenvalue weighted by Crippen LogP contribution is 2.18. The van der Waals surface area contributed by atoms with Crippen molar-refractivity contribution in [3.63, 3.8) is 0 Å². The van der Waals surface area contributed by atoms with E-state index in [1.807, 2.05) is 44.2 Å². The zero-order valence-electron chi connectivity index (χ0n) is 11.3. The highest BCUT2D eigenvalue weighted by molar-refractivity contribution is 6.30. The van der Waals surface area contributed by atoms with Gasteiger partial charge in [0.25, 0.3) is 0 Å². The number of unbranched alkanes of at least 4 members (excludes halogenated alkanes) is 1. The molecule has 0 heterocycles. The fourth-order valence-electron chi connectivity index (χ4n) is 1.66. The number of halogens is 1. The standard InChI is InChI=1S/C16H19ClO2/c1-3-4-5-14(16(18)19)7-6-12(2)13-8-10-15(17)11-9-13/h6-11H,3-5H2,1-2H3,(H,18,19)/b12-6-,14-7-. The lowest BCUT2D eigenvalue weighted by atomic mass is 10.0. The predicted octanol–water partition coefficient (Wildman–Crippen LogP) is 4.94. The molecule has 102 valence electrons. The number of carboxylic acid groups (broad SMARTS) is 1. The maximum atomic E-state index is 11.1. The summed E-state index contributed by atoms with van der Waals surface area (Å²) in [5.41, 5.74) is 2.52. The first-order valence-electron chi connectivity index (χ1n) is 6.41. The van der Waals surface area contributed by atoms with Gasteiger partial charge in [-0.25, -0.2) is 4.79 Å². The number of aliphatic carboxylic acids is 1.